The van der Waals surface area contributed by atoms with Crippen LogP contribution in [0.1, 0.15) is 42.7 Å². The molecule has 6 rings (SSSR count). The zero-order chi connectivity index (χ0) is 21.2. The van der Waals surface area contributed by atoms with E-state index >= 15 is 0 Å². The van der Waals surface area contributed by atoms with Crippen LogP contribution in [0.25, 0.3) is 11.1 Å². The molecule has 0 radical (unpaired) electrons. The minimum absolute atomic E-state index is 0.0119. The van der Waals surface area contributed by atoms with Gasteiger partial charge in [0, 0.05) is 55.3 Å². The normalized spacial score (nSPS) is 19.3. The highest BCUT2D eigenvalue weighted by Crippen LogP contribution is 2.58. The Morgan fingerprint density at radius 2 is 2.06 bits per heavy atom. The predicted molar refractivity (Wildman–Crippen MR) is 116 cm³/mol. The summed E-state index contributed by atoms with van der Waals surface area (Å²) in [4.78, 5) is 24.8. The van der Waals surface area contributed by atoms with Gasteiger partial charge in [-0.15, -0.1) is 0 Å². The second kappa shape index (κ2) is 6.79. The average Bonchev–Trinajstić information content (AvgIpc) is 3.02. The van der Waals surface area contributed by atoms with Gasteiger partial charge in [-0.2, -0.15) is 0 Å². The number of carbonyl (C=O) groups excluding carboxylic acids is 1. The zero-order valence-corrected chi connectivity index (χ0v) is 18.0. The van der Waals surface area contributed by atoms with Crippen molar-refractivity contribution in [1.29, 1.82) is 0 Å². The summed E-state index contributed by atoms with van der Waals surface area (Å²) in [5.74, 6) is 2.09. The van der Waals surface area contributed by atoms with Crippen LogP contribution in [-0.4, -0.2) is 39.0 Å². The molecule has 0 atom stereocenters. The first-order valence-corrected chi connectivity index (χ1v) is 10.9. The third-order valence-corrected chi connectivity index (χ3v) is 7.17. The quantitative estimate of drug-likeness (QED) is 0.605. The lowest BCUT2D eigenvalue weighted by Crippen LogP contribution is -2.62. The fraction of sp³-hybridized carbons (Fsp3) is 0.391. The van der Waals surface area contributed by atoms with Gasteiger partial charge in [-0.3, -0.25) is 9.78 Å². The molecule has 1 saturated carbocycles. The Morgan fingerprint density at radius 3 is 2.81 bits per heavy atom. The van der Waals surface area contributed by atoms with E-state index in [2.05, 4.69) is 20.0 Å². The van der Waals surface area contributed by atoms with E-state index in [4.69, 9.17) is 16.1 Å². The number of hydrogen-bond donors (Lipinski definition) is 0. The molecule has 158 valence electrons. The maximum absolute atomic E-state index is 12.2. The van der Waals surface area contributed by atoms with E-state index in [9.17, 15) is 4.79 Å². The summed E-state index contributed by atoms with van der Waals surface area (Å²) < 4.78 is 5.80. The molecule has 1 aromatic carbocycles. The molecule has 1 spiro atoms. The number of nitrogens with zero attached hydrogens (tertiary/aromatic N) is 5. The Bertz CT molecular complexity index is 1160. The number of amides is 1. The van der Waals surface area contributed by atoms with Crippen LogP contribution in [0.2, 0.25) is 5.02 Å². The highest BCUT2D eigenvalue weighted by Gasteiger charge is 2.54. The average molecular weight is 436 g/mol. The molecule has 2 aromatic heterocycles. The van der Waals surface area contributed by atoms with Gasteiger partial charge in [-0.25, -0.2) is 4.98 Å². The molecule has 1 aliphatic carbocycles. The highest BCUT2D eigenvalue weighted by atomic mass is 35.5. The minimum atomic E-state index is 0.0119. The molecule has 1 amide bonds. The van der Waals surface area contributed by atoms with E-state index in [1.165, 1.54) is 0 Å². The monoisotopic (exact) mass is 435 g/mol. The summed E-state index contributed by atoms with van der Waals surface area (Å²) in [7, 11) is 0. The SMILES string of the molecule is CC(=O)N1Cc2cc(Cl)ccc2-c2c(C3CC4(C3)CN(c3cnccn3)C4)noc2C1. The summed E-state index contributed by atoms with van der Waals surface area (Å²) in [6, 6.07) is 5.89. The number of rotatable bonds is 2. The number of anilines is 1. The third-order valence-electron chi connectivity index (χ3n) is 6.94. The number of hydrogen-bond acceptors (Lipinski definition) is 6. The van der Waals surface area contributed by atoms with Crippen molar-refractivity contribution in [3.8, 4) is 11.1 Å². The molecule has 8 heteroatoms. The fourth-order valence-electron chi connectivity index (χ4n) is 5.42. The molecule has 0 bridgehead atoms. The molecule has 0 unspecified atom stereocenters. The maximum atomic E-state index is 12.2. The second-order valence-corrected chi connectivity index (χ2v) is 9.50. The van der Waals surface area contributed by atoms with Crippen molar-refractivity contribution < 1.29 is 9.32 Å². The minimum Gasteiger partial charge on any atom is -0.359 e. The van der Waals surface area contributed by atoms with Crippen molar-refractivity contribution in [2.45, 2.75) is 38.8 Å². The predicted octanol–water partition coefficient (Wildman–Crippen LogP) is 4.03. The summed E-state index contributed by atoms with van der Waals surface area (Å²) >= 11 is 6.27. The molecule has 31 heavy (non-hydrogen) atoms. The highest BCUT2D eigenvalue weighted by molar-refractivity contribution is 6.30. The number of halogens is 1. The van der Waals surface area contributed by atoms with Gasteiger partial charge in [-0.05, 0) is 36.1 Å². The summed E-state index contributed by atoms with van der Waals surface area (Å²) in [5.41, 5.74) is 4.52. The van der Waals surface area contributed by atoms with Gasteiger partial charge in [0.1, 0.15) is 5.82 Å². The molecule has 1 saturated heterocycles. The van der Waals surface area contributed by atoms with Crippen molar-refractivity contribution in [1.82, 2.24) is 20.0 Å². The Hall–Kier alpha value is -2.93. The lowest BCUT2D eigenvalue weighted by atomic mass is 9.56. The first-order valence-electron chi connectivity index (χ1n) is 10.6. The largest absolute Gasteiger partial charge is 0.359 e. The van der Waals surface area contributed by atoms with Crippen LogP contribution in [0.15, 0.2) is 41.3 Å². The van der Waals surface area contributed by atoms with E-state index in [1.54, 1.807) is 24.2 Å². The lowest BCUT2D eigenvalue weighted by molar-refractivity contribution is -0.130. The van der Waals surface area contributed by atoms with Crippen LogP contribution in [0.3, 0.4) is 0 Å². The number of carbonyl (C=O) groups is 1. The van der Waals surface area contributed by atoms with Crippen LogP contribution < -0.4 is 4.90 Å². The molecular weight excluding hydrogens is 414 g/mol. The molecule has 4 heterocycles. The number of aromatic nitrogens is 3. The van der Waals surface area contributed by atoms with E-state index < -0.39 is 0 Å². The summed E-state index contributed by atoms with van der Waals surface area (Å²) in [6.07, 6.45) is 7.43. The van der Waals surface area contributed by atoms with Gasteiger partial charge in [0.2, 0.25) is 5.91 Å². The topological polar surface area (TPSA) is 75.4 Å². The second-order valence-electron chi connectivity index (χ2n) is 9.07. The Kier molecular flexibility index (Phi) is 4.12. The van der Waals surface area contributed by atoms with Crippen molar-refractivity contribution in [2.75, 3.05) is 18.0 Å². The van der Waals surface area contributed by atoms with Gasteiger partial charge in [0.05, 0.1) is 24.0 Å². The zero-order valence-electron chi connectivity index (χ0n) is 17.2. The third kappa shape index (κ3) is 3.02. The van der Waals surface area contributed by atoms with E-state index in [1.807, 2.05) is 24.4 Å². The van der Waals surface area contributed by atoms with E-state index in [-0.39, 0.29) is 5.91 Å². The molecular formula is C23H22ClN5O2. The van der Waals surface area contributed by atoms with E-state index in [0.29, 0.717) is 29.4 Å². The molecule has 0 N–H and O–H groups in total. The van der Waals surface area contributed by atoms with Crippen LogP contribution >= 0.6 is 11.6 Å². The lowest BCUT2D eigenvalue weighted by Gasteiger charge is -2.59. The molecule has 7 nitrogen and oxygen atoms in total. The van der Waals surface area contributed by atoms with Gasteiger partial charge in [0.25, 0.3) is 0 Å². The maximum Gasteiger partial charge on any atom is 0.220 e. The number of fused-ring (bicyclic) bond motifs is 3. The fourth-order valence-corrected chi connectivity index (χ4v) is 5.62. The van der Waals surface area contributed by atoms with E-state index in [0.717, 1.165) is 59.9 Å². The first-order chi connectivity index (χ1) is 15.0. The van der Waals surface area contributed by atoms with Gasteiger partial charge in [0.15, 0.2) is 5.76 Å². The number of benzene rings is 1. The molecule has 3 aromatic rings. The standard InChI is InChI=1S/C23H22ClN5O2/c1-14(30)28-10-15-6-17(24)2-3-18(15)21-19(11-28)31-27-22(21)16-7-23(8-16)12-29(13-23)20-9-25-4-5-26-20/h2-6,9,16H,7-8,10-13H2,1H3. The molecule has 2 aliphatic heterocycles. The van der Waals surface area contributed by atoms with Crippen LogP contribution in [-0.2, 0) is 17.9 Å². The van der Waals surface area contributed by atoms with Crippen LogP contribution in [0, 0.1) is 5.41 Å². The van der Waals surface area contributed by atoms with Crippen LogP contribution in [0.4, 0.5) is 5.82 Å². The van der Waals surface area contributed by atoms with Crippen molar-refractivity contribution >= 4 is 23.3 Å². The van der Waals surface area contributed by atoms with Crippen LogP contribution in [0.5, 0.6) is 0 Å². The van der Waals surface area contributed by atoms with Gasteiger partial charge in [-0.1, -0.05) is 22.8 Å². The smallest absolute Gasteiger partial charge is 0.220 e. The first kappa shape index (κ1) is 18.8. The Balaban J connectivity index is 1.27. The summed E-state index contributed by atoms with van der Waals surface area (Å²) in [6.45, 7) is 4.56. The Labute approximate surface area is 185 Å². The summed E-state index contributed by atoms with van der Waals surface area (Å²) in [5, 5.41) is 5.17. The van der Waals surface area contributed by atoms with Crippen molar-refractivity contribution in [3.63, 3.8) is 0 Å². The van der Waals surface area contributed by atoms with Gasteiger partial charge < -0.3 is 14.3 Å². The molecule has 3 aliphatic rings. The van der Waals surface area contributed by atoms with Gasteiger partial charge >= 0.3 is 0 Å². The Morgan fingerprint density at radius 1 is 1.23 bits per heavy atom. The molecule has 2 fully saturated rings. The van der Waals surface area contributed by atoms with Crippen molar-refractivity contribution in [3.05, 3.63) is 58.8 Å². The van der Waals surface area contributed by atoms with Crippen molar-refractivity contribution in [2.24, 2.45) is 5.41 Å².